The van der Waals surface area contributed by atoms with Crippen LogP contribution >= 0.6 is 0 Å². The molecule has 4 aromatic carbocycles. The Morgan fingerprint density at radius 1 is 0.691 bits per heavy atom. The van der Waals surface area contributed by atoms with Crippen LogP contribution in [-0.4, -0.2) is 66.1 Å². The Kier molecular flexibility index (Phi) is 15.3. The van der Waals surface area contributed by atoms with Gasteiger partial charge in [0.2, 0.25) is 11.4 Å². The summed E-state index contributed by atoms with van der Waals surface area (Å²) in [6, 6.07) is 30.9. The number of benzene rings is 4. The van der Waals surface area contributed by atoms with Crippen molar-refractivity contribution in [2.75, 3.05) is 13.7 Å². The summed E-state index contributed by atoms with van der Waals surface area (Å²) in [6.07, 6.45) is -3.71. The highest BCUT2D eigenvalue weighted by Crippen LogP contribution is 2.29. The molecule has 55 heavy (non-hydrogen) atoms. The summed E-state index contributed by atoms with van der Waals surface area (Å²) in [4.78, 5) is 75.3. The molecule has 4 amide bonds. The van der Waals surface area contributed by atoms with E-state index in [1.807, 2.05) is 0 Å². The molecule has 0 bridgehead atoms. The van der Waals surface area contributed by atoms with Crippen LogP contribution in [-0.2, 0) is 54.8 Å². The molecule has 0 aliphatic carbocycles. The van der Waals surface area contributed by atoms with Crippen LogP contribution in [0, 0.1) is 0 Å². The van der Waals surface area contributed by atoms with E-state index in [-0.39, 0.29) is 50.1 Å². The lowest BCUT2D eigenvalue weighted by atomic mass is 9.89. The van der Waals surface area contributed by atoms with Gasteiger partial charge in [0.05, 0.1) is 13.2 Å². The number of hydrogen-bond donors (Lipinski definition) is 4. The van der Waals surface area contributed by atoms with Crippen LogP contribution in [0.15, 0.2) is 120 Å². The van der Waals surface area contributed by atoms with E-state index in [0.29, 0.717) is 28.0 Å². The number of aliphatic imine (C=N–C) groups is 1. The summed E-state index contributed by atoms with van der Waals surface area (Å²) in [5.41, 5.74) is 16.6. The molecule has 2 atom stereocenters. The molecule has 7 N–H and O–H groups in total. The monoisotopic (exact) mass is 752 g/mol. The Morgan fingerprint density at radius 3 is 1.62 bits per heavy atom. The van der Waals surface area contributed by atoms with Gasteiger partial charge in [0.25, 0.3) is 5.91 Å². The lowest BCUT2D eigenvalue weighted by Gasteiger charge is -2.37. The first-order valence-electron chi connectivity index (χ1n) is 17.3. The van der Waals surface area contributed by atoms with Crippen molar-refractivity contribution in [3.63, 3.8) is 0 Å². The molecule has 15 heteroatoms. The molecular formula is C40H44N6O9. The summed E-state index contributed by atoms with van der Waals surface area (Å²) in [5.74, 6) is -3.50. The quantitative estimate of drug-likeness (QED) is 0.0302. The summed E-state index contributed by atoms with van der Waals surface area (Å²) >= 11 is 0. The van der Waals surface area contributed by atoms with Gasteiger partial charge in [-0.3, -0.25) is 19.9 Å². The summed E-state index contributed by atoms with van der Waals surface area (Å²) < 4.78 is 21.9. The number of rotatable bonds is 17. The Labute approximate surface area is 318 Å². The van der Waals surface area contributed by atoms with E-state index in [0.717, 1.165) is 0 Å². The van der Waals surface area contributed by atoms with Crippen molar-refractivity contribution >= 4 is 35.9 Å². The van der Waals surface area contributed by atoms with Gasteiger partial charge in [-0.1, -0.05) is 103 Å². The van der Waals surface area contributed by atoms with Gasteiger partial charge in [0.1, 0.15) is 25.6 Å². The maximum atomic E-state index is 14.6. The molecule has 0 fully saturated rings. The second kappa shape index (κ2) is 20.5. The van der Waals surface area contributed by atoms with Gasteiger partial charge in [-0.25, -0.2) is 14.4 Å². The molecule has 0 saturated heterocycles. The topological polar surface area (TPSA) is 228 Å². The van der Waals surface area contributed by atoms with Crippen LogP contribution in [0.3, 0.4) is 0 Å². The fraction of sp³-hybridized carbons (Fsp3) is 0.250. The van der Waals surface area contributed by atoms with Gasteiger partial charge >= 0.3 is 18.2 Å². The van der Waals surface area contributed by atoms with E-state index in [1.54, 1.807) is 115 Å². The standard InChI is InChI=1S/C40H44N6O9/c1-52-32-20-18-28(19-21-32)24-33(41)34(47)45-35(48)40(22-11-23-44-37(42)43,36(49)53-25-29-12-5-2-6-13-29)46(38(50)54-26-30-14-7-3-8-15-30)39(51)55-27-31-16-9-4-10-17-31/h2-10,12-21,33H,11,22-27,41H2,1H3,(H4,42,43,44)(H,45,47,48)/t33?,40-/m0/s1. The number of methoxy groups -OCH3 is 1. The van der Waals surface area contributed by atoms with Crippen molar-refractivity contribution in [2.45, 2.75) is 50.7 Å². The number of carbonyl (C=O) groups excluding carboxylic acids is 5. The molecule has 4 aromatic rings. The fourth-order valence-electron chi connectivity index (χ4n) is 5.37. The van der Waals surface area contributed by atoms with Crippen molar-refractivity contribution in [2.24, 2.45) is 22.2 Å². The zero-order valence-corrected chi connectivity index (χ0v) is 30.3. The smallest absolute Gasteiger partial charge is 0.421 e. The van der Waals surface area contributed by atoms with Crippen molar-refractivity contribution in [1.29, 1.82) is 0 Å². The first-order chi connectivity index (χ1) is 26.5. The third-order valence-corrected chi connectivity index (χ3v) is 8.26. The van der Waals surface area contributed by atoms with Crippen molar-refractivity contribution in [3.05, 3.63) is 138 Å². The molecule has 4 rings (SSSR count). The number of hydrogen-bond acceptors (Lipinski definition) is 11. The zero-order valence-electron chi connectivity index (χ0n) is 30.3. The minimum atomic E-state index is -2.91. The zero-order chi connectivity index (χ0) is 39.6. The normalized spacial score (nSPS) is 12.2. The van der Waals surface area contributed by atoms with Crippen LogP contribution in [0.5, 0.6) is 5.75 Å². The first-order valence-corrected chi connectivity index (χ1v) is 17.3. The largest absolute Gasteiger partial charge is 0.497 e. The van der Waals surface area contributed by atoms with E-state index in [4.69, 9.17) is 36.1 Å². The number of nitrogens with two attached hydrogens (primary N) is 3. The SMILES string of the molecule is COc1ccc(CC(N)C(=O)NC(=O)[C@@](CCCN=C(N)N)(C(=O)OCc2ccccc2)N(C(=O)OCc2ccccc2)C(=O)OCc2ccccc2)cc1. The molecule has 1 unspecified atom stereocenters. The van der Waals surface area contributed by atoms with E-state index < -0.39 is 48.0 Å². The maximum Gasteiger partial charge on any atom is 0.421 e. The summed E-state index contributed by atoms with van der Waals surface area (Å²) in [5, 5.41) is 2.16. The van der Waals surface area contributed by atoms with Crippen molar-refractivity contribution in [1.82, 2.24) is 10.2 Å². The maximum absolute atomic E-state index is 14.6. The van der Waals surface area contributed by atoms with Crippen molar-refractivity contribution in [3.8, 4) is 5.75 Å². The fourth-order valence-corrected chi connectivity index (χ4v) is 5.37. The van der Waals surface area contributed by atoms with Crippen LogP contribution < -0.4 is 27.3 Å². The van der Waals surface area contributed by atoms with Crippen LogP contribution in [0.4, 0.5) is 9.59 Å². The highest BCUT2D eigenvalue weighted by Gasteiger charge is 2.59. The predicted molar refractivity (Wildman–Crippen MR) is 202 cm³/mol. The molecule has 288 valence electrons. The Morgan fingerprint density at radius 2 is 1.16 bits per heavy atom. The summed E-state index contributed by atoms with van der Waals surface area (Å²) in [7, 11) is 1.51. The van der Waals surface area contributed by atoms with Crippen LogP contribution in [0.25, 0.3) is 0 Å². The molecule has 0 heterocycles. The van der Waals surface area contributed by atoms with Gasteiger partial charge in [-0.2, -0.15) is 4.90 Å². The molecule has 0 aromatic heterocycles. The van der Waals surface area contributed by atoms with Crippen LogP contribution in [0.1, 0.15) is 35.1 Å². The second-order valence-electron chi connectivity index (χ2n) is 12.2. The number of ether oxygens (including phenoxy) is 4. The van der Waals surface area contributed by atoms with Gasteiger partial charge < -0.3 is 36.1 Å². The third-order valence-electron chi connectivity index (χ3n) is 8.26. The molecule has 0 radical (unpaired) electrons. The van der Waals surface area contributed by atoms with Crippen LogP contribution in [0.2, 0.25) is 0 Å². The molecule has 0 aliphatic rings. The van der Waals surface area contributed by atoms with E-state index >= 15 is 0 Å². The highest BCUT2D eigenvalue weighted by molar-refractivity contribution is 6.17. The predicted octanol–water partition coefficient (Wildman–Crippen LogP) is 3.72. The van der Waals surface area contributed by atoms with Gasteiger partial charge in [0.15, 0.2) is 5.96 Å². The third kappa shape index (κ3) is 11.9. The number of guanidine groups is 1. The van der Waals surface area contributed by atoms with Crippen molar-refractivity contribution < 1.29 is 42.9 Å². The Bertz CT molecular complexity index is 1850. The number of carbonyl (C=O) groups is 5. The van der Waals surface area contributed by atoms with E-state index in [2.05, 4.69) is 10.3 Å². The lowest BCUT2D eigenvalue weighted by Crippen LogP contribution is -2.68. The number of nitrogens with zero attached hydrogens (tertiary/aromatic N) is 2. The molecule has 0 aliphatic heterocycles. The van der Waals surface area contributed by atoms with E-state index in [9.17, 15) is 24.0 Å². The molecule has 0 spiro atoms. The lowest BCUT2D eigenvalue weighted by molar-refractivity contribution is -0.164. The average Bonchev–Trinajstić information content (AvgIpc) is 3.20. The van der Waals surface area contributed by atoms with Gasteiger partial charge in [-0.05, 0) is 53.6 Å². The molecule has 15 nitrogen and oxygen atoms in total. The van der Waals surface area contributed by atoms with Gasteiger partial charge in [-0.15, -0.1) is 0 Å². The molecule has 0 saturated carbocycles. The Hall–Kier alpha value is -6.74. The molecular weight excluding hydrogens is 708 g/mol. The first kappa shape index (κ1) is 41.0. The highest BCUT2D eigenvalue weighted by atomic mass is 16.6. The van der Waals surface area contributed by atoms with Gasteiger partial charge in [0, 0.05) is 6.54 Å². The number of imide groups is 2. The Balaban J connectivity index is 1.78. The minimum Gasteiger partial charge on any atom is -0.497 e. The second-order valence-corrected chi connectivity index (χ2v) is 12.2. The minimum absolute atomic E-state index is 0.0268. The average molecular weight is 753 g/mol. The number of esters is 1. The van der Waals surface area contributed by atoms with E-state index in [1.165, 1.54) is 7.11 Å². The number of amides is 4. The summed E-state index contributed by atoms with van der Waals surface area (Å²) in [6.45, 7) is -1.25. The number of nitrogens with one attached hydrogen (secondary N) is 1.